The number of aromatic nitrogens is 1. The molecule has 0 unspecified atom stereocenters. The van der Waals surface area contributed by atoms with Crippen LogP contribution in [0.4, 0.5) is 5.82 Å². The van der Waals surface area contributed by atoms with Gasteiger partial charge in [0.05, 0.1) is 11.5 Å². The number of amides is 1. The highest BCUT2D eigenvalue weighted by molar-refractivity contribution is 5.97. The molecule has 5 nitrogen and oxygen atoms in total. The van der Waals surface area contributed by atoms with Crippen molar-refractivity contribution in [2.75, 3.05) is 5.32 Å². The molecule has 3 atom stereocenters. The Morgan fingerprint density at radius 2 is 2.08 bits per heavy atom. The summed E-state index contributed by atoms with van der Waals surface area (Å²) in [7, 11) is 0. The molecule has 4 rings (SSSR count). The summed E-state index contributed by atoms with van der Waals surface area (Å²) in [6.07, 6.45) is 4.28. The number of carbonyl (C=O) groups excluding carboxylic acids is 1. The number of hydrogen-bond acceptors (Lipinski definition) is 3. The monoisotopic (exact) mass is 336 g/mol. The molecule has 1 aromatic carbocycles. The summed E-state index contributed by atoms with van der Waals surface area (Å²) in [6, 6.07) is 11.4. The largest absolute Gasteiger partial charge is 0.478 e. The Morgan fingerprint density at radius 3 is 2.76 bits per heavy atom. The second-order valence-electron chi connectivity index (χ2n) is 6.96. The fourth-order valence-electron chi connectivity index (χ4n) is 4.68. The van der Waals surface area contributed by atoms with E-state index in [1.807, 2.05) is 0 Å². The van der Waals surface area contributed by atoms with E-state index in [0.29, 0.717) is 11.7 Å². The number of carboxylic acid groups (broad SMARTS) is 1. The molecular weight excluding hydrogens is 316 g/mol. The molecule has 2 aliphatic rings. The number of nitrogens with one attached hydrogen (secondary N) is 1. The molecule has 1 aromatic heterocycles. The summed E-state index contributed by atoms with van der Waals surface area (Å²) >= 11 is 0. The van der Waals surface area contributed by atoms with Gasteiger partial charge in [0.1, 0.15) is 5.82 Å². The highest BCUT2D eigenvalue weighted by Crippen LogP contribution is 2.68. The van der Waals surface area contributed by atoms with E-state index in [0.717, 1.165) is 19.3 Å². The van der Waals surface area contributed by atoms with Crippen molar-refractivity contribution in [1.29, 1.82) is 0 Å². The molecule has 1 heterocycles. The van der Waals surface area contributed by atoms with Gasteiger partial charge >= 0.3 is 5.97 Å². The molecule has 2 aromatic rings. The number of fused-ring (bicyclic) bond motifs is 3. The number of carboxylic acids is 1. The number of rotatable bonds is 5. The Bertz CT molecular complexity index is 846. The number of hydrogen-bond donors (Lipinski definition) is 2. The maximum Gasteiger partial charge on any atom is 0.337 e. The number of nitrogens with zero attached hydrogens (tertiary/aromatic N) is 1. The lowest BCUT2D eigenvalue weighted by molar-refractivity contribution is -0.118. The predicted octanol–water partition coefficient (Wildman–Crippen LogP) is 3.26. The van der Waals surface area contributed by atoms with E-state index < -0.39 is 5.97 Å². The zero-order valence-electron chi connectivity index (χ0n) is 14.0. The minimum atomic E-state index is -1.03. The van der Waals surface area contributed by atoms with E-state index in [1.165, 1.54) is 23.4 Å². The third kappa shape index (κ3) is 2.34. The Hall–Kier alpha value is -2.69. The first-order valence-corrected chi connectivity index (χ1v) is 8.66. The molecule has 0 radical (unpaired) electrons. The van der Waals surface area contributed by atoms with Gasteiger partial charge in [-0.2, -0.15) is 0 Å². The normalized spacial score (nSPS) is 25.8. The second kappa shape index (κ2) is 5.69. The zero-order chi connectivity index (χ0) is 17.6. The number of anilines is 1. The molecular formula is C20H20N2O3. The first kappa shape index (κ1) is 15.8. The highest BCUT2D eigenvalue weighted by atomic mass is 16.4. The summed E-state index contributed by atoms with van der Waals surface area (Å²) < 4.78 is 0. The smallest absolute Gasteiger partial charge is 0.337 e. The third-order valence-electron chi connectivity index (χ3n) is 5.68. The summed E-state index contributed by atoms with van der Waals surface area (Å²) in [5.41, 5.74) is 2.78. The summed E-state index contributed by atoms with van der Waals surface area (Å²) in [6.45, 7) is 2.16. The van der Waals surface area contributed by atoms with E-state index in [4.69, 9.17) is 5.11 Å². The van der Waals surface area contributed by atoms with Crippen LogP contribution < -0.4 is 5.32 Å². The van der Waals surface area contributed by atoms with Crippen LogP contribution in [0.5, 0.6) is 0 Å². The zero-order valence-corrected chi connectivity index (χ0v) is 14.0. The topological polar surface area (TPSA) is 79.3 Å². The quantitative estimate of drug-likeness (QED) is 0.878. The third-order valence-corrected chi connectivity index (χ3v) is 5.68. The molecule has 1 saturated carbocycles. The van der Waals surface area contributed by atoms with E-state index >= 15 is 0 Å². The number of carbonyl (C=O) groups is 2. The van der Waals surface area contributed by atoms with Crippen molar-refractivity contribution in [3.8, 4) is 0 Å². The van der Waals surface area contributed by atoms with Crippen molar-refractivity contribution in [2.45, 2.75) is 31.6 Å². The second-order valence-corrected chi connectivity index (χ2v) is 6.96. The van der Waals surface area contributed by atoms with Gasteiger partial charge in [0.15, 0.2) is 0 Å². The van der Waals surface area contributed by atoms with Crippen LogP contribution in [0.3, 0.4) is 0 Å². The van der Waals surface area contributed by atoms with Gasteiger partial charge in [0.25, 0.3) is 0 Å². The van der Waals surface area contributed by atoms with Crippen LogP contribution in [-0.4, -0.2) is 22.0 Å². The van der Waals surface area contributed by atoms with Gasteiger partial charge in [0.2, 0.25) is 5.91 Å². The highest BCUT2D eigenvalue weighted by Gasteiger charge is 2.70. The summed E-state index contributed by atoms with van der Waals surface area (Å²) in [4.78, 5) is 27.8. The molecule has 1 amide bonds. The van der Waals surface area contributed by atoms with E-state index in [1.54, 1.807) is 6.07 Å². The lowest BCUT2D eigenvalue weighted by Gasteiger charge is -2.17. The van der Waals surface area contributed by atoms with Crippen LogP contribution in [0.2, 0.25) is 0 Å². The van der Waals surface area contributed by atoms with Gasteiger partial charge in [-0.3, -0.25) is 4.79 Å². The molecule has 1 fully saturated rings. The standard InChI is InChI=1S/C20H20N2O3/c1-2-9-20-14-6-4-3-5-12(14)10-15(20)17(20)18(23)22-16-8-7-13(11-21-16)19(24)25/h3-8,11,15,17H,2,9-10H2,1H3,(H,24,25)(H,21,22,23)/t15-,17+,20-/m0/s1. The van der Waals surface area contributed by atoms with Crippen LogP contribution in [0.1, 0.15) is 41.3 Å². The van der Waals surface area contributed by atoms with Crippen LogP contribution in [0, 0.1) is 11.8 Å². The van der Waals surface area contributed by atoms with Gasteiger partial charge in [-0.05, 0) is 42.0 Å². The predicted molar refractivity (Wildman–Crippen MR) is 93.5 cm³/mol. The minimum Gasteiger partial charge on any atom is -0.478 e. The van der Waals surface area contributed by atoms with Gasteiger partial charge < -0.3 is 10.4 Å². The van der Waals surface area contributed by atoms with Crippen molar-refractivity contribution < 1.29 is 14.7 Å². The van der Waals surface area contributed by atoms with Crippen molar-refractivity contribution in [1.82, 2.24) is 4.98 Å². The molecule has 25 heavy (non-hydrogen) atoms. The lowest BCUT2D eigenvalue weighted by Crippen LogP contribution is -2.22. The number of pyridine rings is 1. The van der Waals surface area contributed by atoms with E-state index in [2.05, 4.69) is 41.5 Å². The fraction of sp³-hybridized carbons (Fsp3) is 0.350. The molecule has 0 aliphatic heterocycles. The maximum atomic E-state index is 12.8. The van der Waals surface area contributed by atoms with Crippen LogP contribution in [0.15, 0.2) is 42.6 Å². The van der Waals surface area contributed by atoms with Crippen LogP contribution in [-0.2, 0) is 16.6 Å². The fourth-order valence-corrected chi connectivity index (χ4v) is 4.68. The maximum absolute atomic E-state index is 12.8. The van der Waals surface area contributed by atoms with Crippen molar-refractivity contribution >= 4 is 17.7 Å². The lowest BCUT2D eigenvalue weighted by atomic mass is 9.88. The van der Waals surface area contributed by atoms with Crippen LogP contribution >= 0.6 is 0 Å². The Morgan fingerprint density at radius 1 is 1.28 bits per heavy atom. The van der Waals surface area contributed by atoms with Gasteiger partial charge in [-0.15, -0.1) is 0 Å². The SMILES string of the molecule is CCC[C@]12c3ccccc3C[C@H]1[C@@H]2C(=O)Nc1ccc(C(=O)O)cn1. The van der Waals surface area contributed by atoms with E-state index in [9.17, 15) is 9.59 Å². The van der Waals surface area contributed by atoms with Crippen molar-refractivity contribution in [3.63, 3.8) is 0 Å². The average Bonchev–Trinajstić information content (AvgIpc) is 3.12. The van der Waals surface area contributed by atoms with Crippen LogP contribution in [0.25, 0.3) is 0 Å². The molecule has 0 bridgehead atoms. The van der Waals surface area contributed by atoms with Gasteiger partial charge in [-0.25, -0.2) is 9.78 Å². The summed E-state index contributed by atoms with van der Waals surface area (Å²) in [5.74, 6) is -0.296. The summed E-state index contributed by atoms with van der Waals surface area (Å²) in [5, 5.41) is 11.8. The van der Waals surface area contributed by atoms with Crippen molar-refractivity contribution in [2.24, 2.45) is 11.8 Å². The van der Waals surface area contributed by atoms with Crippen molar-refractivity contribution in [3.05, 3.63) is 59.3 Å². The van der Waals surface area contributed by atoms with Gasteiger partial charge in [0, 0.05) is 11.6 Å². The van der Waals surface area contributed by atoms with Gasteiger partial charge in [-0.1, -0.05) is 37.6 Å². The molecule has 128 valence electrons. The average molecular weight is 336 g/mol. The molecule has 2 N–H and O–H groups in total. The first-order chi connectivity index (χ1) is 12.1. The Kier molecular flexibility index (Phi) is 3.60. The number of benzene rings is 1. The first-order valence-electron chi connectivity index (χ1n) is 8.66. The minimum absolute atomic E-state index is 0.0106. The Balaban J connectivity index is 1.55. The molecule has 5 heteroatoms. The molecule has 0 saturated heterocycles. The van der Waals surface area contributed by atoms with E-state index in [-0.39, 0.29) is 22.8 Å². The number of aromatic carboxylic acids is 1. The molecule has 2 aliphatic carbocycles. The Labute approximate surface area is 146 Å². The molecule has 0 spiro atoms.